The first-order valence-electron chi connectivity index (χ1n) is 9.63. The number of fused-ring (bicyclic) bond motifs is 1. The lowest BCUT2D eigenvalue weighted by Gasteiger charge is -2.17. The predicted molar refractivity (Wildman–Crippen MR) is 118 cm³/mol. The van der Waals surface area contributed by atoms with Crippen molar-refractivity contribution in [2.45, 2.75) is 13.3 Å². The zero-order valence-electron chi connectivity index (χ0n) is 16.4. The van der Waals surface area contributed by atoms with Gasteiger partial charge in [0.2, 0.25) is 5.96 Å². The number of benzene rings is 2. The monoisotopic (exact) mass is 423 g/mol. The zero-order valence-corrected chi connectivity index (χ0v) is 17.2. The largest absolute Gasteiger partial charge is 0.449 e. The van der Waals surface area contributed by atoms with Crippen LogP contribution in [0.15, 0.2) is 53.5 Å². The Balaban J connectivity index is 1.31. The Morgan fingerprint density at radius 3 is 2.77 bits per heavy atom. The molecule has 0 spiro atoms. The van der Waals surface area contributed by atoms with Crippen LogP contribution in [0, 0.1) is 0 Å². The van der Waals surface area contributed by atoms with E-state index in [1.165, 1.54) is 4.70 Å². The van der Waals surface area contributed by atoms with Crippen molar-refractivity contribution in [3.63, 3.8) is 0 Å². The van der Waals surface area contributed by atoms with E-state index in [4.69, 9.17) is 4.74 Å². The van der Waals surface area contributed by atoms with Gasteiger partial charge >= 0.3 is 6.09 Å². The number of carbonyl (C=O) groups excluding carboxylic acids is 2. The molecule has 154 valence electrons. The number of guanidine groups is 1. The van der Waals surface area contributed by atoms with Crippen molar-refractivity contribution < 1.29 is 14.3 Å². The van der Waals surface area contributed by atoms with Gasteiger partial charge in [0, 0.05) is 12.2 Å². The first-order valence-corrected chi connectivity index (χ1v) is 10.5. The van der Waals surface area contributed by atoms with Crippen LogP contribution < -0.4 is 10.6 Å². The maximum absolute atomic E-state index is 12.0. The molecule has 30 heavy (non-hydrogen) atoms. The van der Waals surface area contributed by atoms with E-state index in [9.17, 15) is 9.59 Å². The molecule has 0 radical (unpaired) electrons. The Hall–Kier alpha value is -3.46. The number of carbonyl (C=O) groups is 2. The number of nitrogens with zero attached hydrogens (tertiary/aromatic N) is 3. The number of aromatic nitrogens is 1. The molecule has 0 unspecified atom stereocenters. The summed E-state index contributed by atoms with van der Waals surface area (Å²) in [7, 11) is 0. The van der Waals surface area contributed by atoms with Gasteiger partial charge in [0.1, 0.15) is 6.54 Å². The summed E-state index contributed by atoms with van der Waals surface area (Å²) < 4.78 is 6.08. The van der Waals surface area contributed by atoms with Gasteiger partial charge in [-0.15, -0.1) is 0 Å². The first kappa shape index (κ1) is 19.8. The van der Waals surface area contributed by atoms with E-state index in [1.54, 1.807) is 18.3 Å². The Kier molecular flexibility index (Phi) is 5.89. The van der Waals surface area contributed by atoms with E-state index in [2.05, 4.69) is 26.7 Å². The summed E-state index contributed by atoms with van der Waals surface area (Å²) in [5, 5.41) is 7.30. The smallest absolute Gasteiger partial charge is 0.423 e. The van der Waals surface area contributed by atoms with Crippen LogP contribution in [0.2, 0.25) is 0 Å². The number of nitrogens with one attached hydrogen (secondary N) is 2. The number of anilines is 2. The lowest BCUT2D eigenvalue weighted by Crippen LogP contribution is -2.42. The minimum Gasteiger partial charge on any atom is -0.449 e. The van der Waals surface area contributed by atoms with Crippen molar-refractivity contribution in [2.24, 2.45) is 4.99 Å². The Morgan fingerprint density at radius 1 is 1.20 bits per heavy atom. The molecule has 0 bridgehead atoms. The first-order chi connectivity index (χ1) is 14.6. The van der Waals surface area contributed by atoms with Gasteiger partial charge in [-0.25, -0.2) is 14.8 Å². The molecule has 2 amide bonds. The second-order valence-corrected chi connectivity index (χ2v) is 7.58. The molecule has 3 aromatic rings. The summed E-state index contributed by atoms with van der Waals surface area (Å²) in [4.78, 5) is 33.4. The van der Waals surface area contributed by atoms with E-state index < -0.39 is 12.0 Å². The molecule has 9 heteroatoms. The van der Waals surface area contributed by atoms with Crippen LogP contribution in [0.5, 0.6) is 0 Å². The Bertz CT molecular complexity index is 1060. The summed E-state index contributed by atoms with van der Waals surface area (Å²) >= 11 is 1.64. The fraction of sp³-hybridized carbons (Fsp3) is 0.238. The van der Waals surface area contributed by atoms with E-state index in [0.717, 1.165) is 39.8 Å². The van der Waals surface area contributed by atoms with E-state index >= 15 is 0 Å². The number of ether oxygens (including phenoxy) is 1. The molecule has 4 rings (SSSR count). The average Bonchev–Trinajstić information content (AvgIpc) is 3.32. The zero-order chi connectivity index (χ0) is 20.9. The number of thiazole rings is 1. The van der Waals surface area contributed by atoms with Crippen molar-refractivity contribution in [3.05, 3.63) is 54.1 Å². The lowest BCUT2D eigenvalue weighted by molar-refractivity contribution is -0.123. The Morgan fingerprint density at radius 2 is 2.00 bits per heavy atom. The molecule has 0 atom stereocenters. The second kappa shape index (κ2) is 8.91. The van der Waals surface area contributed by atoms with Gasteiger partial charge in [-0.05, 0) is 43.2 Å². The molecule has 0 aliphatic carbocycles. The number of aliphatic imine (C=N–C) groups is 1. The van der Waals surface area contributed by atoms with E-state index in [1.807, 2.05) is 42.5 Å². The molecule has 2 aromatic carbocycles. The maximum atomic E-state index is 12.0. The van der Waals surface area contributed by atoms with Crippen molar-refractivity contribution in [2.75, 3.05) is 30.3 Å². The quantitative estimate of drug-likeness (QED) is 0.627. The lowest BCUT2D eigenvalue weighted by atomic mass is 10.1. The van der Waals surface area contributed by atoms with Crippen LogP contribution >= 0.6 is 11.3 Å². The van der Waals surface area contributed by atoms with Crippen molar-refractivity contribution in [3.8, 4) is 0 Å². The van der Waals surface area contributed by atoms with Crippen LogP contribution in [-0.4, -0.2) is 47.5 Å². The van der Waals surface area contributed by atoms with Gasteiger partial charge in [-0.3, -0.25) is 4.79 Å². The summed E-state index contributed by atoms with van der Waals surface area (Å²) in [5.74, 6) is -0.225. The van der Waals surface area contributed by atoms with Crippen molar-refractivity contribution in [1.29, 1.82) is 0 Å². The average molecular weight is 423 g/mol. The van der Waals surface area contributed by atoms with Gasteiger partial charge in [-0.1, -0.05) is 35.6 Å². The second-order valence-electron chi connectivity index (χ2n) is 6.55. The topological polar surface area (TPSA) is 95.9 Å². The summed E-state index contributed by atoms with van der Waals surface area (Å²) in [6.07, 6.45) is 0.119. The molecular weight excluding hydrogens is 402 g/mol. The SMILES string of the molecule is CCOC(=O)N1C(=O)CN=C1Nc1ccc(CCNc2nc3ccccc3s2)cc1. The van der Waals surface area contributed by atoms with Gasteiger partial charge in [0.05, 0.1) is 16.8 Å². The predicted octanol–water partition coefficient (Wildman–Crippen LogP) is 3.72. The van der Waals surface area contributed by atoms with Gasteiger partial charge < -0.3 is 15.4 Å². The number of imide groups is 1. The number of para-hydroxylation sites is 1. The molecule has 0 fully saturated rings. The normalized spacial score (nSPS) is 13.4. The Labute approximate surface area is 177 Å². The third-order valence-corrected chi connectivity index (χ3v) is 5.46. The summed E-state index contributed by atoms with van der Waals surface area (Å²) in [5.41, 5.74) is 2.90. The highest BCUT2D eigenvalue weighted by atomic mass is 32.1. The summed E-state index contributed by atoms with van der Waals surface area (Å²) in [6, 6.07) is 15.8. The minimum absolute atomic E-state index is 0.0728. The molecule has 0 saturated heterocycles. The molecule has 0 saturated carbocycles. The number of rotatable bonds is 6. The van der Waals surface area contributed by atoms with Crippen LogP contribution in [0.1, 0.15) is 12.5 Å². The highest BCUT2D eigenvalue weighted by Gasteiger charge is 2.32. The highest BCUT2D eigenvalue weighted by Crippen LogP contribution is 2.25. The number of hydrogen-bond acceptors (Lipinski definition) is 8. The van der Waals surface area contributed by atoms with Crippen molar-refractivity contribution >= 4 is 50.3 Å². The molecule has 1 aromatic heterocycles. The van der Waals surface area contributed by atoms with Crippen LogP contribution in [-0.2, 0) is 16.0 Å². The molecular formula is C21H21N5O3S. The molecule has 2 N–H and O–H groups in total. The molecule has 8 nitrogen and oxygen atoms in total. The van der Waals surface area contributed by atoms with Crippen LogP contribution in [0.3, 0.4) is 0 Å². The fourth-order valence-corrected chi connectivity index (χ4v) is 3.91. The molecule has 1 aliphatic rings. The fourth-order valence-electron chi connectivity index (χ4n) is 3.02. The van der Waals surface area contributed by atoms with Crippen molar-refractivity contribution in [1.82, 2.24) is 9.88 Å². The van der Waals surface area contributed by atoms with Gasteiger partial charge in [-0.2, -0.15) is 4.90 Å². The standard InChI is InChI=1S/C21H21N5O3S/c1-2-29-21(28)26-18(27)13-23-19(26)24-15-9-7-14(8-10-15)11-12-22-20-25-16-5-3-4-6-17(16)30-20/h3-10H,2,11-13H2,1H3,(H,22,25)(H,23,24). The maximum Gasteiger partial charge on any atom is 0.423 e. The van der Waals surface area contributed by atoms with Crippen LogP contribution in [0.4, 0.5) is 15.6 Å². The van der Waals surface area contributed by atoms with Crippen LogP contribution in [0.25, 0.3) is 10.2 Å². The minimum atomic E-state index is -0.719. The summed E-state index contributed by atoms with van der Waals surface area (Å²) in [6.45, 7) is 2.57. The van der Waals surface area contributed by atoms with E-state index in [0.29, 0.717) is 0 Å². The number of amides is 2. The van der Waals surface area contributed by atoms with E-state index in [-0.39, 0.29) is 19.1 Å². The third-order valence-electron chi connectivity index (χ3n) is 4.47. The third kappa shape index (κ3) is 4.41. The number of hydrogen-bond donors (Lipinski definition) is 2. The van der Waals surface area contributed by atoms with Gasteiger partial charge in [0.25, 0.3) is 5.91 Å². The molecule has 2 heterocycles. The highest BCUT2D eigenvalue weighted by molar-refractivity contribution is 7.22. The van der Waals surface area contributed by atoms with Gasteiger partial charge in [0.15, 0.2) is 5.13 Å². The molecule has 1 aliphatic heterocycles.